The van der Waals surface area contributed by atoms with Gasteiger partial charge in [0.05, 0.1) is 23.3 Å². The van der Waals surface area contributed by atoms with Gasteiger partial charge in [-0.15, -0.1) is 0 Å². The number of ketones is 1. The summed E-state index contributed by atoms with van der Waals surface area (Å²) in [6, 6.07) is 4.58. The van der Waals surface area contributed by atoms with E-state index in [9.17, 15) is 9.18 Å². The number of rotatable bonds is 3. The summed E-state index contributed by atoms with van der Waals surface area (Å²) in [5, 5.41) is 4.12. The first kappa shape index (κ1) is 11.8. The van der Waals surface area contributed by atoms with Gasteiger partial charge in [0.2, 0.25) is 0 Å². The number of halogens is 2. The maximum atomic E-state index is 13.2. The minimum atomic E-state index is -0.455. The first-order chi connectivity index (χ1) is 8.06. The predicted octanol–water partition coefficient (Wildman–Crippen LogP) is 2.93. The van der Waals surface area contributed by atoms with E-state index in [0.29, 0.717) is 12.1 Å². The molecule has 1 aromatic heterocycles. The molecule has 2 rings (SSSR count). The lowest BCUT2D eigenvalue weighted by molar-refractivity contribution is 0.101. The first-order valence-corrected chi connectivity index (χ1v) is 5.41. The number of carbonyl (C=O) groups is 1. The molecular formula is C12H10ClFN2O. The Balaban J connectivity index is 2.19. The number of nitrogens with zero attached hydrogens (tertiary/aromatic N) is 2. The number of carbonyl (C=O) groups excluding carboxylic acids is 1. The number of Topliss-reactive ketones (excluding diaryl/α,β-unsaturated/α-hetero) is 1. The Morgan fingerprint density at radius 3 is 2.88 bits per heavy atom. The van der Waals surface area contributed by atoms with Crippen molar-refractivity contribution >= 4 is 17.4 Å². The average Bonchev–Trinajstić information content (AvgIpc) is 2.72. The summed E-state index contributed by atoms with van der Waals surface area (Å²) in [5.74, 6) is -0.498. The second-order valence-corrected chi connectivity index (χ2v) is 4.14. The lowest BCUT2D eigenvalue weighted by atomic mass is 10.2. The molecule has 0 fully saturated rings. The second kappa shape index (κ2) is 4.67. The topological polar surface area (TPSA) is 34.9 Å². The third-order valence-corrected chi connectivity index (χ3v) is 2.67. The molecule has 0 aliphatic rings. The van der Waals surface area contributed by atoms with Crippen LogP contribution in [-0.2, 0) is 6.54 Å². The van der Waals surface area contributed by atoms with Gasteiger partial charge in [0, 0.05) is 6.20 Å². The van der Waals surface area contributed by atoms with Crippen LogP contribution < -0.4 is 0 Å². The van der Waals surface area contributed by atoms with Crippen molar-refractivity contribution in [2.75, 3.05) is 0 Å². The molecule has 0 aliphatic heterocycles. The molecule has 1 aromatic carbocycles. The van der Waals surface area contributed by atoms with Gasteiger partial charge in [0.25, 0.3) is 0 Å². The Morgan fingerprint density at radius 2 is 2.29 bits per heavy atom. The zero-order valence-corrected chi connectivity index (χ0v) is 9.91. The van der Waals surface area contributed by atoms with E-state index in [1.165, 1.54) is 25.3 Å². The molecule has 88 valence electrons. The van der Waals surface area contributed by atoms with Crippen molar-refractivity contribution in [2.24, 2.45) is 0 Å². The van der Waals surface area contributed by atoms with E-state index < -0.39 is 5.82 Å². The van der Waals surface area contributed by atoms with Crippen LogP contribution in [0.5, 0.6) is 0 Å². The van der Waals surface area contributed by atoms with Crippen molar-refractivity contribution in [2.45, 2.75) is 13.5 Å². The van der Waals surface area contributed by atoms with Crippen LogP contribution >= 0.6 is 11.6 Å². The largest absolute Gasteiger partial charge is 0.294 e. The monoisotopic (exact) mass is 252 g/mol. The smallest absolute Gasteiger partial charge is 0.162 e. The summed E-state index contributed by atoms with van der Waals surface area (Å²) >= 11 is 5.59. The van der Waals surface area contributed by atoms with Crippen LogP contribution in [0.4, 0.5) is 4.39 Å². The van der Waals surface area contributed by atoms with Crippen molar-refractivity contribution in [3.63, 3.8) is 0 Å². The molecule has 0 unspecified atom stereocenters. The standard InChI is InChI=1S/C12H10ClFN2O/c1-8(17)10-5-15-16(7-10)6-9-2-3-11(13)12(14)4-9/h2-5,7H,6H2,1H3. The van der Waals surface area contributed by atoms with Crippen LogP contribution in [0, 0.1) is 5.82 Å². The van der Waals surface area contributed by atoms with E-state index in [1.54, 1.807) is 16.9 Å². The highest BCUT2D eigenvalue weighted by atomic mass is 35.5. The molecule has 17 heavy (non-hydrogen) atoms. The van der Waals surface area contributed by atoms with Crippen LogP contribution in [0.3, 0.4) is 0 Å². The molecule has 0 amide bonds. The van der Waals surface area contributed by atoms with Gasteiger partial charge in [-0.2, -0.15) is 5.10 Å². The van der Waals surface area contributed by atoms with E-state index in [0.717, 1.165) is 5.56 Å². The zero-order chi connectivity index (χ0) is 12.4. The summed E-state index contributed by atoms with van der Waals surface area (Å²) in [6.45, 7) is 1.88. The molecule has 0 saturated carbocycles. The Hall–Kier alpha value is -1.68. The highest BCUT2D eigenvalue weighted by molar-refractivity contribution is 6.30. The molecule has 5 heteroatoms. The molecule has 0 saturated heterocycles. The highest BCUT2D eigenvalue weighted by Gasteiger charge is 2.05. The highest BCUT2D eigenvalue weighted by Crippen LogP contribution is 2.16. The Labute approximate surface area is 103 Å². The molecule has 0 radical (unpaired) electrons. The Bertz CT molecular complexity index is 565. The summed E-state index contributed by atoms with van der Waals surface area (Å²) in [5.41, 5.74) is 1.28. The SMILES string of the molecule is CC(=O)c1cnn(Cc2ccc(Cl)c(F)c2)c1. The van der Waals surface area contributed by atoms with E-state index in [2.05, 4.69) is 5.10 Å². The van der Waals surface area contributed by atoms with Crippen LogP contribution in [0.1, 0.15) is 22.8 Å². The van der Waals surface area contributed by atoms with E-state index >= 15 is 0 Å². The minimum Gasteiger partial charge on any atom is -0.294 e. The Morgan fingerprint density at radius 1 is 1.53 bits per heavy atom. The molecular weight excluding hydrogens is 243 g/mol. The molecule has 1 heterocycles. The van der Waals surface area contributed by atoms with E-state index in [1.807, 2.05) is 0 Å². The normalized spacial score (nSPS) is 10.5. The van der Waals surface area contributed by atoms with E-state index in [-0.39, 0.29) is 10.8 Å². The fourth-order valence-electron chi connectivity index (χ4n) is 1.46. The maximum Gasteiger partial charge on any atom is 0.162 e. The molecule has 0 N–H and O–H groups in total. The molecule has 2 aromatic rings. The van der Waals surface area contributed by atoms with Crippen molar-refractivity contribution in [3.05, 3.63) is 52.6 Å². The van der Waals surface area contributed by atoms with Crippen LogP contribution in [0.25, 0.3) is 0 Å². The van der Waals surface area contributed by atoms with Gasteiger partial charge in [0.1, 0.15) is 5.82 Å². The third-order valence-electron chi connectivity index (χ3n) is 2.37. The number of benzene rings is 1. The third kappa shape index (κ3) is 2.71. The van der Waals surface area contributed by atoms with Gasteiger partial charge in [-0.3, -0.25) is 9.48 Å². The Kier molecular flexibility index (Phi) is 3.24. The molecule has 0 bridgehead atoms. The fraction of sp³-hybridized carbons (Fsp3) is 0.167. The van der Waals surface area contributed by atoms with Gasteiger partial charge in [-0.05, 0) is 24.6 Å². The van der Waals surface area contributed by atoms with Crippen LogP contribution in [0.2, 0.25) is 5.02 Å². The molecule has 0 atom stereocenters. The van der Waals surface area contributed by atoms with Crippen molar-refractivity contribution in [1.29, 1.82) is 0 Å². The minimum absolute atomic E-state index is 0.0430. The second-order valence-electron chi connectivity index (χ2n) is 3.73. The number of hydrogen-bond donors (Lipinski definition) is 0. The lowest BCUT2D eigenvalue weighted by Gasteiger charge is -2.02. The van der Waals surface area contributed by atoms with Crippen molar-refractivity contribution < 1.29 is 9.18 Å². The summed E-state index contributed by atoms with van der Waals surface area (Å²) in [7, 11) is 0. The predicted molar refractivity (Wildman–Crippen MR) is 62.7 cm³/mol. The van der Waals surface area contributed by atoms with Gasteiger partial charge in [0.15, 0.2) is 5.78 Å². The summed E-state index contributed by atoms with van der Waals surface area (Å²) in [4.78, 5) is 11.1. The maximum absolute atomic E-state index is 13.2. The van der Waals surface area contributed by atoms with Crippen molar-refractivity contribution in [1.82, 2.24) is 9.78 Å². The zero-order valence-electron chi connectivity index (χ0n) is 9.15. The van der Waals surface area contributed by atoms with Gasteiger partial charge in [-0.25, -0.2) is 4.39 Å². The average molecular weight is 253 g/mol. The van der Waals surface area contributed by atoms with Gasteiger partial charge >= 0.3 is 0 Å². The summed E-state index contributed by atoms with van der Waals surface area (Å²) < 4.78 is 14.8. The number of hydrogen-bond acceptors (Lipinski definition) is 2. The van der Waals surface area contributed by atoms with Gasteiger partial charge in [-0.1, -0.05) is 17.7 Å². The molecule has 0 aliphatic carbocycles. The van der Waals surface area contributed by atoms with Crippen molar-refractivity contribution in [3.8, 4) is 0 Å². The number of aromatic nitrogens is 2. The van der Waals surface area contributed by atoms with Crippen LogP contribution in [-0.4, -0.2) is 15.6 Å². The molecule has 3 nitrogen and oxygen atoms in total. The van der Waals surface area contributed by atoms with Crippen LogP contribution in [0.15, 0.2) is 30.6 Å². The molecule has 0 spiro atoms. The van der Waals surface area contributed by atoms with E-state index in [4.69, 9.17) is 11.6 Å². The first-order valence-electron chi connectivity index (χ1n) is 5.03. The summed E-state index contributed by atoms with van der Waals surface area (Å²) in [6.07, 6.45) is 3.13. The lowest BCUT2D eigenvalue weighted by Crippen LogP contribution is -2.00. The van der Waals surface area contributed by atoms with Gasteiger partial charge < -0.3 is 0 Å². The quantitative estimate of drug-likeness (QED) is 0.788. The fourth-order valence-corrected chi connectivity index (χ4v) is 1.57.